The third kappa shape index (κ3) is 4.22. The second-order valence-corrected chi connectivity index (χ2v) is 8.15. The van der Waals surface area contributed by atoms with Gasteiger partial charge in [0.2, 0.25) is 0 Å². The van der Waals surface area contributed by atoms with E-state index in [4.69, 9.17) is 4.74 Å². The first-order chi connectivity index (χ1) is 12.5. The fourth-order valence-corrected chi connectivity index (χ4v) is 4.24. The molecule has 8 heteroatoms. The molecule has 0 aliphatic carbocycles. The molecular formula is C18H16N2O4S2. The van der Waals surface area contributed by atoms with Crippen LogP contribution in [0.3, 0.4) is 0 Å². The fraction of sp³-hybridized carbons (Fsp3) is 0.0556. The second kappa shape index (κ2) is 7.59. The van der Waals surface area contributed by atoms with Gasteiger partial charge < -0.3 is 10.1 Å². The van der Waals surface area contributed by atoms with E-state index in [2.05, 4.69) is 10.0 Å². The van der Waals surface area contributed by atoms with Crippen molar-refractivity contribution in [3.63, 3.8) is 0 Å². The van der Waals surface area contributed by atoms with Crippen LogP contribution in [0.1, 0.15) is 10.4 Å². The average molecular weight is 388 g/mol. The summed E-state index contributed by atoms with van der Waals surface area (Å²) in [5.41, 5.74) is 1.44. The number of hydrogen-bond donors (Lipinski definition) is 2. The Labute approximate surface area is 155 Å². The van der Waals surface area contributed by atoms with E-state index >= 15 is 0 Å². The molecule has 0 spiro atoms. The number of rotatable bonds is 6. The van der Waals surface area contributed by atoms with Gasteiger partial charge >= 0.3 is 0 Å². The summed E-state index contributed by atoms with van der Waals surface area (Å²) in [7, 11) is -2.03. The zero-order valence-electron chi connectivity index (χ0n) is 13.8. The van der Waals surface area contributed by atoms with Crippen LogP contribution in [-0.2, 0) is 10.0 Å². The zero-order valence-corrected chi connectivity index (χ0v) is 15.4. The molecule has 0 bridgehead atoms. The maximum Gasteiger partial charge on any atom is 0.271 e. The van der Waals surface area contributed by atoms with E-state index < -0.39 is 10.0 Å². The quantitative estimate of drug-likeness (QED) is 0.672. The number of carbonyl (C=O) groups is 1. The van der Waals surface area contributed by atoms with Crippen LogP contribution in [-0.4, -0.2) is 21.4 Å². The molecule has 134 valence electrons. The van der Waals surface area contributed by atoms with E-state index in [1.165, 1.54) is 6.07 Å². The van der Waals surface area contributed by atoms with Gasteiger partial charge in [-0.3, -0.25) is 9.52 Å². The maximum absolute atomic E-state index is 12.3. The molecule has 2 N–H and O–H groups in total. The molecule has 0 fully saturated rings. The Kier molecular flexibility index (Phi) is 5.24. The Bertz CT molecular complexity index is 981. The minimum atomic E-state index is -3.60. The summed E-state index contributed by atoms with van der Waals surface area (Å²) in [4.78, 5) is 12.3. The zero-order chi connectivity index (χ0) is 18.6. The van der Waals surface area contributed by atoms with E-state index in [0.29, 0.717) is 22.7 Å². The van der Waals surface area contributed by atoms with Crippen molar-refractivity contribution in [2.45, 2.75) is 4.21 Å². The molecule has 1 amide bonds. The molecule has 1 heterocycles. The molecule has 0 saturated heterocycles. The van der Waals surface area contributed by atoms with Gasteiger partial charge in [0.25, 0.3) is 15.9 Å². The fourth-order valence-electron chi connectivity index (χ4n) is 2.19. The molecular weight excluding hydrogens is 372 g/mol. The lowest BCUT2D eigenvalue weighted by atomic mass is 10.2. The highest BCUT2D eigenvalue weighted by molar-refractivity contribution is 7.94. The molecule has 2 aromatic carbocycles. The molecule has 3 aromatic rings. The van der Waals surface area contributed by atoms with Crippen molar-refractivity contribution in [1.29, 1.82) is 0 Å². The van der Waals surface area contributed by atoms with E-state index in [1.807, 2.05) is 0 Å². The summed E-state index contributed by atoms with van der Waals surface area (Å²) >= 11 is 1.14. The Morgan fingerprint density at radius 3 is 2.19 bits per heavy atom. The molecule has 0 aliphatic rings. The van der Waals surface area contributed by atoms with Crippen molar-refractivity contribution in [3.05, 3.63) is 71.6 Å². The molecule has 6 nitrogen and oxygen atoms in total. The van der Waals surface area contributed by atoms with Crippen LogP contribution < -0.4 is 14.8 Å². The van der Waals surface area contributed by atoms with E-state index in [0.717, 1.165) is 11.3 Å². The predicted molar refractivity (Wildman–Crippen MR) is 103 cm³/mol. The van der Waals surface area contributed by atoms with Gasteiger partial charge in [-0.05, 0) is 60.0 Å². The maximum atomic E-state index is 12.3. The lowest BCUT2D eigenvalue weighted by Crippen LogP contribution is -2.13. The predicted octanol–water partition coefficient (Wildman–Crippen LogP) is 3.81. The van der Waals surface area contributed by atoms with Gasteiger partial charge in [-0.1, -0.05) is 6.07 Å². The van der Waals surface area contributed by atoms with E-state index in [9.17, 15) is 13.2 Å². The SMILES string of the molecule is COc1ccc(NC(=O)c2ccc(NS(=O)(=O)c3cccs3)cc2)cc1. The summed E-state index contributed by atoms with van der Waals surface area (Å²) < 4.78 is 32.2. The van der Waals surface area contributed by atoms with Crippen molar-refractivity contribution < 1.29 is 17.9 Å². The van der Waals surface area contributed by atoms with Crippen LogP contribution in [0.2, 0.25) is 0 Å². The second-order valence-electron chi connectivity index (χ2n) is 5.30. The van der Waals surface area contributed by atoms with E-state index in [-0.39, 0.29) is 10.1 Å². The summed E-state index contributed by atoms with van der Waals surface area (Å²) in [5, 5.41) is 4.46. The number of amides is 1. The summed E-state index contributed by atoms with van der Waals surface area (Å²) in [6.45, 7) is 0. The summed E-state index contributed by atoms with van der Waals surface area (Å²) in [6.07, 6.45) is 0. The van der Waals surface area contributed by atoms with Gasteiger partial charge in [-0.25, -0.2) is 8.42 Å². The molecule has 1 aromatic heterocycles. The largest absolute Gasteiger partial charge is 0.497 e. The normalized spacial score (nSPS) is 11.0. The van der Waals surface area contributed by atoms with Gasteiger partial charge in [-0.15, -0.1) is 11.3 Å². The Morgan fingerprint density at radius 1 is 0.962 bits per heavy atom. The van der Waals surface area contributed by atoms with Crippen molar-refractivity contribution in [2.75, 3.05) is 17.1 Å². The van der Waals surface area contributed by atoms with Crippen LogP contribution in [0.5, 0.6) is 5.75 Å². The number of ether oxygens (including phenoxy) is 1. The van der Waals surface area contributed by atoms with Gasteiger partial charge in [-0.2, -0.15) is 0 Å². The first kappa shape index (κ1) is 18.0. The van der Waals surface area contributed by atoms with Gasteiger partial charge in [0, 0.05) is 16.9 Å². The first-order valence-electron chi connectivity index (χ1n) is 7.60. The van der Waals surface area contributed by atoms with Gasteiger partial charge in [0.1, 0.15) is 9.96 Å². The molecule has 0 atom stereocenters. The highest BCUT2D eigenvalue weighted by Crippen LogP contribution is 2.21. The Hall–Kier alpha value is -2.84. The minimum absolute atomic E-state index is 0.235. The Balaban J connectivity index is 1.67. The number of sulfonamides is 1. The topological polar surface area (TPSA) is 84.5 Å². The van der Waals surface area contributed by atoms with Crippen molar-refractivity contribution >= 4 is 38.6 Å². The van der Waals surface area contributed by atoms with E-state index in [1.54, 1.807) is 67.1 Å². The third-order valence-electron chi connectivity index (χ3n) is 3.51. The molecule has 0 unspecified atom stereocenters. The molecule has 0 saturated carbocycles. The number of benzene rings is 2. The summed E-state index contributed by atoms with van der Waals surface area (Å²) in [5.74, 6) is 0.410. The molecule has 0 radical (unpaired) electrons. The molecule has 0 aliphatic heterocycles. The van der Waals surface area contributed by atoms with Crippen molar-refractivity contribution in [2.24, 2.45) is 0 Å². The minimum Gasteiger partial charge on any atom is -0.497 e. The Morgan fingerprint density at radius 2 is 1.62 bits per heavy atom. The van der Waals surface area contributed by atoms with Gasteiger partial charge in [0.15, 0.2) is 0 Å². The average Bonchev–Trinajstić information content (AvgIpc) is 3.18. The number of methoxy groups -OCH3 is 1. The number of nitrogens with one attached hydrogen (secondary N) is 2. The number of carbonyl (C=O) groups excluding carboxylic acids is 1. The number of hydrogen-bond acceptors (Lipinski definition) is 5. The lowest BCUT2D eigenvalue weighted by Gasteiger charge is -2.08. The number of thiophene rings is 1. The van der Waals surface area contributed by atoms with Gasteiger partial charge in [0.05, 0.1) is 7.11 Å². The standard InChI is InChI=1S/C18H16N2O4S2/c1-24-16-10-8-14(9-11-16)19-18(21)13-4-6-15(7-5-13)20-26(22,23)17-3-2-12-25-17/h2-12,20H,1H3,(H,19,21). The van der Waals surface area contributed by atoms with Crippen molar-refractivity contribution in [1.82, 2.24) is 0 Å². The lowest BCUT2D eigenvalue weighted by molar-refractivity contribution is 0.102. The molecule has 26 heavy (non-hydrogen) atoms. The van der Waals surface area contributed by atoms with Crippen LogP contribution in [0.4, 0.5) is 11.4 Å². The first-order valence-corrected chi connectivity index (χ1v) is 9.96. The highest BCUT2D eigenvalue weighted by Gasteiger charge is 2.15. The highest BCUT2D eigenvalue weighted by atomic mass is 32.2. The van der Waals surface area contributed by atoms with Crippen LogP contribution >= 0.6 is 11.3 Å². The number of anilines is 2. The monoisotopic (exact) mass is 388 g/mol. The van der Waals surface area contributed by atoms with Crippen LogP contribution in [0.15, 0.2) is 70.3 Å². The molecule has 3 rings (SSSR count). The van der Waals surface area contributed by atoms with Crippen LogP contribution in [0.25, 0.3) is 0 Å². The smallest absolute Gasteiger partial charge is 0.271 e. The third-order valence-corrected chi connectivity index (χ3v) is 6.29. The van der Waals surface area contributed by atoms with Crippen LogP contribution in [0, 0.1) is 0 Å². The van der Waals surface area contributed by atoms with Crippen molar-refractivity contribution in [3.8, 4) is 5.75 Å². The summed E-state index contributed by atoms with van der Waals surface area (Å²) in [6, 6.07) is 16.4.